The van der Waals surface area contributed by atoms with Crippen molar-refractivity contribution in [2.24, 2.45) is 10.2 Å². The molecule has 0 saturated carbocycles. The minimum Gasteiger partial charge on any atom is -0.481 e. The minimum atomic E-state index is -1.93. The van der Waals surface area contributed by atoms with Gasteiger partial charge >= 0.3 is 11.9 Å². The maximum absolute atomic E-state index is 13.2. The molecule has 0 spiro atoms. The van der Waals surface area contributed by atoms with E-state index in [1.54, 1.807) is 0 Å². The molecule has 9 heteroatoms. The van der Waals surface area contributed by atoms with Crippen molar-refractivity contribution < 1.29 is 29.0 Å². The first kappa shape index (κ1) is 15.9. The summed E-state index contributed by atoms with van der Waals surface area (Å²) in [6, 6.07) is 1.72. The Morgan fingerprint density at radius 1 is 1.30 bits per heavy atom. The second-order valence-electron chi connectivity index (χ2n) is 3.59. The van der Waals surface area contributed by atoms with Crippen molar-refractivity contribution in [1.29, 1.82) is 0 Å². The highest BCUT2D eigenvalue weighted by molar-refractivity contribution is 9.10. The van der Waals surface area contributed by atoms with Crippen molar-refractivity contribution in [3.8, 4) is 0 Å². The molecule has 0 aliphatic heterocycles. The average molecular weight is 347 g/mol. The van der Waals surface area contributed by atoms with Crippen LogP contribution in [0.5, 0.6) is 0 Å². The fourth-order valence-electron chi connectivity index (χ4n) is 1.17. The van der Waals surface area contributed by atoms with Crippen molar-refractivity contribution in [2.75, 3.05) is 0 Å². The third-order valence-corrected chi connectivity index (χ3v) is 2.70. The number of hydrogen-bond acceptors (Lipinski definition) is 5. The maximum atomic E-state index is 13.2. The van der Waals surface area contributed by atoms with Gasteiger partial charge in [-0.05, 0) is 28.1 Å². The second-order valence-corrected chi connectivity index (χ2v) is 4.45. The standard InChI is InChI=1S/C11H8BrFN2O5/c12-6-2-1-5(3-7(6)13)14-15-10(11(19)20)8(16)4-9(17)18/h1-3,10H,4H2,(H,17,18)(H,19,20). The van der Waals surface area contributed by atoms with Crippen LogP contribution < -0.4 is 0 Å². The van der Waals surface area contributed by atoms with Gasteiger partial charge in [0.1, 0.15) is 12.2 Å². The molecule has 0 radical (unpaired) electrons. The van der Waals surface area contributed by atoms with Crippen molar-refractivity contribution in [3.63, 3.8) is 0 Å². The molecule has 1 aromatic rings. The fraction of sp³-hybridized carbons (Fsp3) is 0.182. The largest absolute Gasteiger partial charge is 0.481 e. The van der Waals surface area contributed by atoms with Crippen LogP contribution in [0.25, 0.3) is 0 Å². The van der Waals surface area contributed by atoms with Gasteiger partial charge in [-0.25, -0.2) is 9.18 Å². The number of hydrogen-bond donors (Lipinski definition) is 2. The van der Waals surface area contributed by atoms with Gasteiger partial charge in [0.15, 0.2) is 5.78 Å². The summed E-state index contributed by atoms with van der Waals surface area (Å²) in [7, 11) is 0. The summed E-state index contributed by atoms with van der Waals surface area (Å²) >= 11 is 2.92. The number of benzene rings is 1. The van der Waals surface area contributed by atoms with Gasteiger partial charge in [0.05, 0.1) is 10.2 Å². The molecule has 0 bridgehead atoms. The zero-order chi connectivity index (χ0) is 15.3. The Morgan fingerprint density at radius 2 is 1.95 bits per heavy atom. The Labute approximate surface area is 120 Å². The van der Waals surface area contributed by atoms with Crippen molar-refractivity contribution in [3.05, 3.63) is 28.5 Å². The van der Waals surface area contributed by atoms with E-state index in [2.05, 4.69) is 26.2 Å². The second kappa shape index (κ2) is 6.85. The first-order valence-electron chi connectivity index (χ1n) is 5.14. The lowest BCUT2D eigenvalue weighted by Gasteiger charge is -2.03. The number of carboxylic acids is 2. The number of azo groups is 1. The van der Waals surface area contributed by atoms with Crippen molar-refractivity contribution >= 4 is 39.3 Å². The van der Waals surface area contributed by atoms with Crippen LogP contribution in [0, 0.1) is 5.82 Å². The number of rotatable bonds is 6. The molecule has 7 nitrogen and oxygen atoms in total. The molecule has 0 heterocycles. The molecule has 1 rings (SSSR count). The predicted molar refractivity (Wildman–Crippen MR) is 67.3 cm³/mol. The van der Waals surface area contributed by atoms with Crippen LogP contribution in [0.2, 0.25) is 0 Å². The van der Waals surface area contributed by atoms with Gasteiger partial charge < -0.3 is 10.2 Å². The summed E-state index contributed by atoms with van der Waals surface area (Å²) in [4.78, 5) is 32.5. The van der Waals surface area contributed by atoms with E-state index in [0.29, 0.717) is 0 Å². The van der Waals surface area contributed by atoms with Gasteiger partial charge in [-0.3, -0.25) is 9.59 Å². The predicted octanol–water partition coefficient (Wildman–Crippen LogP) is 2.17. The molecular formula is C11H8BrFN2O5. The number of carboxylic acid groups (broad SMARTS) is 2. The van der Waals surface area contributed by atoms with Gasteiger partial charge in [-0.15, -0.1) is 0 Å². The number of Topliss-reactive ketones (excluding diaryl/α,β-unsaturated/α-hetero) is 1. The molecule has 1 unspecified atom stereocenters. The number of nitrogens with zero attached hydrogens (tertiary/aromatic N) is 2. The smallest absolute Gasteiger partial charge is 0.338 e. The Bertz CT molecular complexity index is 590. The average Bonchev–Trinajstić information content (AvgIpc) is 2.32. The normalized spacial score (nSPS) is 12.3. The van der Waals surface area contributed by atoms with Gasteiger partial charge in [0, 0.05) is 6.07 Å². The molecule has 0 aliphatic carbocycles. The van der Waals surface area contributed by atoms with Crippen LogP contribution in [0.3, 0.4) is 0 Å². The lowest BCUT2D eigenvalue weighted by molar-refractivity contribution is -0.144. The minimum absolute atomic E-state index is 0.0000694. The molecule has 1 aromatic carbocycles. The van der Waals surface area contributed by atoms with Crippen LogP contribution in [0.1, 0.15) is 6.42 Å². The van der Waals surface area contributed by atoms with E-state index in [9.17, 15) is 18.8 Å². The Morgan fingerprint density at radius 3 is 2.45 bits per heavy atom. The van der Waals surface area contributed by atoms with Crippen LogP contribution in [0.15, 0.2) is 32.9 Å². The van der Waals surface area contributed by atoms with Crippen LogP contribution in [0.4, 0.5) is 10.1 Å². The lowest BCUT2D eigenvalue weighted by atomic mass is 10.1. The van der Waals surface area contributed by atoms with Crippen LogP contribution in [-0.4, -0.2) is 34.0 Å². The van der Waals surface area contributed by atoms with Crippen LogP contribution in [-0.2, 0) is 14.4 Å². The maximum Gasteiger partial charge on any atom is 0.338 e. The van der Waals surface area contributed by atoms with E-state index in [0.717, 1.165) is 6.07 Å². The van der Waals surface area contributed by atoms with Crippen LogP contribution >= 0.6 is 15.9 Å². The monoisotopic (exact) mass is 346 g/mol. The summed E-state index contributed by atoms with van der Waals surface area (Å²) in [5.74, 6) is -4.85. The Hall–Kier alpha value is -2.16. The van der Waals surface area contributed by atoms with Gasteiger partial charge in [-0.1, -0.05) is 0 Å². The van der Waals surface area contributed by atoms with Crippen molar-refractivity contribution in [1.82, 2.24) is 0 Å². The molecule has 0 aromatic heterocycles. The molecule has 0 aliphatic rings. The quantitative estimate of drug-likeness (QED) is 0.604. The summed E-state index contributed by atoms with van der Waals surface area (Å²) in [6.45, 7) is 0. The third kappa shape index (κ3) is 4.50. The number of carbonyl (C=O) groups excluding carboxylic acids is 1. The molecule has 0 amide bonds. The third-order valence-electron chi connectivity index (χ3n) is 2.06. The van der Waals surface area contributed by atoms with E-state index in [-0.39, 0.29) is 10.2 Å². The summed E-state index contributed by atoms with van der Waals surface area (Å²) in [5, 5.41) is 23.9. The molecule has 2 N–H and O–H groups in total. The van der Waals surface area contributed by atoms with Gasteiger partial charge in [-0.2, -0.15) is 10.2 Å². The van der Waals surface area contributed by atoms with E-state index in [4.69, 9.17) is 10.2 Å². The fourth-order valence-corrected chi connectivity index (χ4v) is 1.42. The first-order valence-corrected chi connectivity index (χ1v) is 5.93. The summed E-state index contributed by atoms with van der Waals surface area (Å²) in [5.41, 5.74) is 0.0000694. The summed E-state index contributed by atoms with van der Waals surface area (Å²) < 4.78 is 13.4. The molecule has 0 saturated heterocycles. The van der Waals surface area contributed by atoms with Crippen molar-refractivity contribution in [2.45, 2.75) is 12.5 Å². The topological polar surface area (TPSA) is 116 Å². The van der Waals surface area contributed by atoms with Gasteiger partial charge in [0.25, 0.3) is 0 Å². The Balaban J connectivity index is 2.92. The zero-order valence-electron chi connectivity index (χ0n) is 9.79. The molecule has 1 atom stereocenters. The van der Waals surface area contributed by atoms with E-state index in [1.165, 1.54) is 12.1 Å². The zero-order valence-corrected chi connectivity index (χ0v) is 11.4. The lowest BCUT2D eigenvalue weighted by Crippen LogP contribution is -2.29. The number of halogens is 2. The van der Waals surface area contributed by atoms with Gasteiger partial charge in [0.2, 0.25) is 6.04 Å². The number of carbonyl (C=O) groups is 3. The van der Waals surface area contributed by atoms with E-state index >= 15 is 0 Å². The molecule has 20 heavy (non-hydrogen) atoms. The van der Waals surface area contributed by atoms with E-state index < -0.39 is 36.0 Å². The first-order chi connectivity index (χ1) is 9.31. The highest BCUT2D eigenvalue weighted by Gasteiger charge is 2.27. The highest BCUT2D eigenvalue weighted by Crippen LogP contribution is 2.21. The van der Waals surface area contributed by atoms with E-state index in [1.807, 2.05) is 0 Å². The number of ketones is 1. The molecule has 106 valence electrons. The molecular weight excluding hydrogens is 339 g/mol. The number of aliphatic carboxylic acids is 2. The summed E-state index contributed by atoms with van der Waals surface area (Å²) in [6.07, 6.45) is -0.981. The SMILES string of the molecule is O=C(O)CC(=O)C(N=Nc1ccc(Br)c(F)c1)C(=O)O. The highest BCUT2D eigenvalue weighted by atomic mass is 79.9. The molecule has 0 fully saturated rings. The Kier molecular flexibility index (Phi) is 5.44.